The van der Waals surface area contributed by atoms with Gasteiger partial charge < -0.3 is 25.1 Å². The molecule has 3 aromatic rings. The topological polar surface area (TPSA) is 106 Å². The van der Waals surface area contributed by atoms with Crippen LogP contribution in [-0.2, 0) is 20.9 Å². The predicted molar refractivity (Wildman–Crippen MR) is 153 cm³/mol. The highest BCUT2D eigenvalue weighted by Gasteiger charge is 2.30. The second kappa shape index (κ2) is 12.0. The number of benzene rings is 1. The zero-order chi connectivity index (χ0) is 27.5. The zero-order valence-electron chi connectivity index (χ0n) is 22.0. The van der Waals surface area contributed by atoms with Crippen LogP contribution in [0.2, 0.25) is 5.02 Å². The number of pyridine rings is 1. The lowest BCUT2D eigenvalue weighted by molar-refractivity contribution is -0.133. The van der Waals surface area contributed by atoms with Crippen molar-refractivity contribution in [2.75, 3.05) is 26.2 Å². The maximum atomic E-state index is 12.4. The van der Waals surface area contributed by atoms with Gasteiger partial charge in [0.1, 0.15) is 18.1 Å². The van der Waals surface area contributed by atoms with Gasteiger partial charge in [-0.2, -0.15) is 0 Å². The van der Waals surface area contributed by atoms with E-state index in [4.69, 9.17) is 22.1 Å². The molecule has 2 aliphatic rings. The van der Waals surface area contributed by atoms with Crippen LogP contribution in [0.15, 0.2) is 30.5 Å². The fourth-order valence-electron chi connectivity index (χ4n) is 5.40. The number of likely N-dealkylation sites (tertiary alicyclic amines) is 2. The first-order valence-corrected chi connectivity index (χ1v) is 14.6. The molecule has 206 valence electrons. The van der Waals surface area contributed by atoms with Crippen LogP contribution < -0.4 is 10.5 Å². The van der Waals surface area contributed by atoms with E-state index < -0.39 is 0 Å². The number of nitrogens with zero attached hydrogens (tertiary/aromatic N) is 3. The second-order valence-electron chi connectivity index (χ2n) is 10.3. The first kappa shape index (κ1) is 27.6. The van der Waals surface area contributed by atoms with Gasteiger partial charge in [0.15, 0.2) is 0 Å². The van der Waals surface area contributed by atoms with E-state index in [2.05, 4.69) is 4.98 Å². The molecule has 0 spiro atoms. The lowest BCUT2D eigenvalue weighted by Gasteiger charge is -2.33. The summed E-state index contributed by atoms with van der Waals surface area (Å²) in [5, 5.41) is 0.625. The first-order chi connectivity index (χ1) is 18.9. The van der Waals surface area contributed by atoms with Gasteiger partial charge in [-0.15, -0.1) is 11.3 Å². The average molecular weight is 569 g/mol. The smallest absolute Gasteiger partial charge is 0.223 e. The van der Waals surface area contributed by atoms with E-state index in [-0.39, 0.29) is 30.3 Å². The third kappa shape index (κ3) is 6.10. The number of piperidine rings is 1. The Morgan fingerprint density at radius 1 is 1.26 bits per heavy atom. The van der Waals surface area contributed by atoms with E-state index in [9.17, 15) is 14.4 Å². The normalized spacial score (nSPS) is 18.2. The summed E-state index contributed by atoms with van der Waals surface area (Å²) in [5.41, 5.74) is 9.23. The highest BCUT2D eigenvalue weighted by molar-refractivity contribution is 7.19. The van der Waals surface area contributed by atoms with Crippen molar-refractivity contribution >= 4 is 51.3 Å². The number of hydrogen-bond acceptors (Lipinski definition) is 7. The fraction of sp³-hybridized carbons (Fsp3) is 0.448. The van der Waals surface area contributed by atoms with Gasteiger partial charge in [0.25, 0.3) is 0 Å². The molecule has 1 aromatic carbocycles. The molecule has 0 radical (unpaired) electrons. The number of amides is 2. The largest absolute Gasteiger partial charge is 0.489 e. The van der Waals surface area contributed by atoms with Crippen molar-refractivity contribution in [1.29, 1.82) is 0 Å². The Balaban J connectivity index is 1.38. The first-order valence-electron chi connectivity index (χ1n) is 13.4. The van der Waals surface area contributed by atoms with Crippen molar-refractivity contribution in [2.24, 2.45) is 11.7 Å². The predicted octanol–water partition coefficient (Wildman–Crippen LogP) is 4.58. The maximum absolute atomic E-state index is 12.4. The van der Waals surface area contributed by atoms with Crippen LogP contribution in [-0.4, -0.2) is 65.2 Å². The van der Waals surface area contributed by atoms with E-state index >= 15 is 0 Å². The van der Waals surface area contributed by atoms with Crippen LogP contribution in [0.25, 0.3) is 21.3 Å². The Kier molecular flexibility index (Phi) is 8.49. The molecule has 1 atom stereocenters. The van der Waals surface area contributed by atoms with Gasteiger partial charge in [-0.1, -0.05) is 11.6 Å². The van der Waals surface area contributed by atoms with Crippen LogP contribution in [0.5, 0.6) is 5.75 Å². The fourth-order valence-corrected chi connectivity index (χ4v) is 6.83. The van der Waals surface area contributed by atoms with E-state index in [1.54, 1.807) is 22.4 Å². The molecule has 8 nitrogen and oxygen atoms in total. The standard InChI is InChI=1S/C29H33ClN4O4S/c1-18-11-20(30)13-24(28(18)38-21-5-9-33(10-6-21)26(36)3-2-7-31)23-4-8-32-25-14-22(39-29(23)25)16-34-15-19(17-35)12-27(34)37/h4,8,11,13-14,17,19,21H,2-3,5-7,9-10,12,15-16,31H2,1H3. The van der Waals surface area contributed by atoms with Crippen molar-refractivity contribution in [3.05, 3.63) is 45.9 Å². The Hall–Kier alpha value is -3.01. The van der Waals surface area contributed by atoms with E-state index in [1.807, 2.05) is 36.1 Å². The quantitative estimate of drug-likeness (QED) is 0.379. The lowest BCUT2D eigenvalue weighted by Crippen LogP contribution is -2.41. The van der Waals surface area contributed by atoms with Crippen LogP contribution in [0.4, 0.5) is 0 Å². The molecule has 0 bridgehead atoms. The molecular formula is C29H33ClN4O4S. The van der Waals surface area contributed by atoms with Crippen molar-refractivity contribution in [1.82, 2.24) is 14.8 Å². The van der Waals surface area contributed by atoms with Crippen molar-refractivity contribution in [3.8, 4) is 16.9 Å². The Morgan fingerprint density at radius 3 is 2.77 bits per heavy atom. The van der Waals surface area contributed by atoms with E-state index in [0.29, 0.717) is 50.6 Å². The number of aromatic nitrogens is 1. The van der Waals surface area contributed by atoms with Gasteiger partial charge in [0.05, 0.1) is 16.8 Å². The van der Waals surface area contributed by atoms with Crippen LogP contribution >= 0.6 is 22.9 Å². The average Bonchev–Trinajstić information content (AvgIpc) is 3.51. The molecule has 2 aromatic heterocycles. The molecule has 5 rings (SSSR count). The van der Waals surface area contributed by atoms with E-state index in [0.717, 1.165) is 56.7 Å². The van der Waals surface area contributed by atoms with Crippen molar-refractivity contribution in [3.63, 3.8) is 0 Å². The number of carbonyl (C=O) groups is 3. The minimum Gasteiger partial charge on any atom is -0.489 e. The highest BCUT2D eigenvalue weighted by Crippen LogP contribution is 2.42. The number of rotatable bonds is 9. The van der Waals surface area contributed by atoms with E-state index in [1.165, 1.54) is 0 Å². The number of aldehydes is 1. The number of thiophene rings is 1. The van der Waals surface area contributed by atoms with Gasteiger partial charge in [-0.05, 0) is 49.7 Å². The summed E-state index contributed by atoms with van der Waals surface area (Å²) < 4.78 is 7.62. The molecule has 10 heteroatoms. The van der Waals surface area contributed by atoms with Crippen LogP contribution in [0.1, 0.15) is 42.5 Å². The molecule has 2 N–H and O–H groups in total. The summed E-state index contributed by atoms with van der Waals surface area (Å²) in [6, 6.07) is 7.83. The number of aryl methyl sites for hydroxylation is 1. The van der Waals surface area contributed by atoms with Crippen molar-refractivity contribution in [2.45, 2.75) is 51.7 Å². The summed E-state index contributed by atoms with van der Waals surface area (Å²) in [4.78, 5) is 45.2. The SMILES string of the molecule is Cc1cc(Cl)cc(-c2ccnc3cc(CN4CC(C=O)CC4=O)sc23)c1OC1CCN(C(=O)CCCN)CC1. The molecule has 2 aliphatic heterocycles. The minimum absolute atomic E-state index is 0.00557. The van der Waals surface area contributed by atoms with Gasteiger partial charge in [0.2, 0.25) is 11.8 Å². The third-order valence-corrected chi connectivity index (χ3v) is 8.81. The lowest BCUT2D eigenvalue weighted by atomic mass is 10.0. The number of carbonyl (C=O) groups excluding carboxylic acids is 3. The Labute approximate surface area is 237 Å². The second-order valence-corrected chi connectivity index (χ2v) is 11.9. The minimum atomic E-state index is -0.231. The molecule has 4 heterocycles. The molecule has 39 heavy (non-hydrogen) atoms. The molecular weight excluding hydrogens is 536 g/mol. The summed E-state index contributed by atoms with van der Waals surface area (Å²) in [6.07, 6.45) is 5.64. The van der Waals surface area contributed by atoms with Gasteiger partial charge in [-0.3, -0.25) is 14.6 Å². The monoisotopic (exact) mass is 568 g/mol. The Bertz CT molecular complexity index is 1390. The molecule has 2 fully saturated rings. The summed E-state index contributed by atoms with van der Waals surface area (Å²) in [5.74, 6) is 0.724. The molecule has 2 amide bonds. The number of hydrogen-bond donors (Lipinski definition) is 1. The number of nitrogens with two attached hydrogens (primary N) is 1. The zero-order valence-corrected chi connectivity index (χ0v) is 23.6. The molecule has 2 saturated heterocycles. The van der Waals surface area contributed by atoms with Crippen LogP contribution in [0, 0.1) is 12.8 Å². The highest BCUT2D eigenvalue weighted by atomic mass is 35.5. The summed E-state index contributed by atoms with van der Waals surface area (Å²) in [7, 11) is 0. The number of halogens is 1. The summed E-state index contributed by atoms with van der Waals surface area (Å²) in [6.45, 7) is 4.78. The Morgan fingerprint density at radius 2 is 2.05 bits per heavy atom. The molecule has 1 unspecified atom stereocenters. The summed E-state index contributed by atoms with van der Waals surface area (Å²) >= 11 is 8.13. The third-order valence-electron chi connectivity index (χ3n) is 7.45. The molecule has 0 saturated carbocycles. The van der Waals surface area contributed by atoms with Crippen molar-refractivity contribution < 1.29 is 19.1 Å². The number of fused-ring (bicyclic) bond motifs is 1. The van der Waals surface area contributed by atoms with Gasteiger partial charge in [-0.25, -0.2) is 0 Å². The number of ether oxygens (including phenoxy) is 1. The van der Waals surface area contributed by atoms with Gasteiger partial charge >= 0.3 is 0 Å². The van der Waals surface area contributed by atoms with Gasteiger partial charge in [0, 0.05) is 78.5 Å². The maximum Gasteiger partial charge on any atom is 0.223 e. The van der Waals surface area contributed by atoms with Crippen LogP contribution in [0.3, 0.4) is 0 Å². The molecule has 0 aliphatic carbocycles.